The third kappa shape index (κ3) is 3.37. The maximum Gasteiger partial charge on any atom is 0.238 e. The Hall–Kier alpha value is -6.59. The Balaban J connectivity index is 1.29. The zero-order valence-electron chi connectivity index (χ0n) is 25.7. The predicted octanol–water partition coefficient (Wildman–Crippen LogP) is 10.6. The molecule has 0 unspecified atom stereocenters. The van der Waals surface area contributed by atoms with Gasteiger partial charge in [0.1, 0.15) is 0 Å². The van der Waals surface area contributed by atoms with Crippen molar-refractivity contribution in [1.29, 1.82) is 0 Å². The average Bonchev–Trinajstić information content (AvgIpc) is 3.81. The van der Waals surface area contributed by atoms with Crippen molar-refractivity contribution in [3.63, 3.8) is 0 Å². The van der Waals surface area contributed by atoms with Crippen molar-refractivity contribution in [1.82, 2.24) is 23.9 Å². The van der Waals surface area contributed by atoms with Gasteiger partial charge in [-0.05, 0) is 23.6 Å². The second-order valence-electron chi connectivity index (χ2n) is 12.4. The third-order valence-electron chi connectivity index (χ3n) is 9.90. The molecular formula is C43H25N5. The standard InChI is InChI=1S/C43H25N5/c1-3-12-26(13-4-1)41-44-42(27-14-5-2-6-15-27)46-43(45-41)48-36-21-10-8-17-29(36)32-23-22-30-33(39(32)48)24-25-37-38(30)34-19-11-18-31-28-16-7-9-20-35(28)47(37)40(31)34/h1-25H. The largest absolute Gasteiger partial charge is 0.308 e. The number of aromatic nitrogens is 5. The van der Waals surface area contributed by atoms with Crippen molar-refractivity contribution in [3.05, 3.63) is 152 Å². The Morgan fingerprint density at radius 1 is 0.333 bits per heavy atom. The van der Waals surface area contributed by atoms with Crippen molar-refractivity contribution >= 4 is 70.7 Å². The van der Waals surface area contributed by atoms with Gasteiger partial charge in [-0.2, -0.15) is 9.97 Å². The molecule has 0 bridgehead atoms. The molecule has 48 heavy (non-hydrogen) atoms. The van der Waals surface area contributed by atoms with Gasteiger partial charge in [-0.1, -0.05) is 133 Å². The van der Waals surface area contributed by atoms with E-state index in [1.807, 2.05) is 36.4 Å². The molecule has 4 heterocycles. The van der Waals surface area contributed by atoms with E-state index in [4.69, 9.17) is 15.0 Å². The second kappa shape index (κ2) is 9.47. The number of hydrogen-bond acceptors (Lipinski definition) is 3. The van der Waals surface area contributed by atoms with Crippen LogP contribution in [0.2, 0.25) is 0 Å². The maximum atomic E-state index is 5.18. The molecule has 5 nitrogen and oxygen atoms in total. The Kier molecular flexibility index (Phi) is 5.05. The van der Waals surface area contributed by atoms with Crippen LogP contribution in [0.4, 0.5) is 0 Å². The Morgan fingerprint density at radius 2 is 0.854 bits per heavy atom. The monoisotopic (exact) mass is 611 g/mol. The number of para-hydroxylation sites is 3. The highest BCUT2D eigenvalue weighted by Crippen LogP contribution is 2.44. The van der Waals surface area contributed by atoms with E-state index < -0.39 is 0 Å². The van der Waals surface area contributed by atoms with Crippen molar-refractivity contribution in [3.8, 4) is 28.7 Å². The first-order valence-electron chi connectivity index (χ1n) is 16.2. The van der Waals surface area contributed by atoms with Crippen LogP contribution in [0.5, 0.6) is 0 Å². The van der Waals surface area contributed by atoms with Crippen LogP contribution < -0.4 is 0 Å². The highest BCUT2D eigenvalue weighted by molar-refractivity contribution is 6.31. The third-order valence-corrected chi connectivity index (χ3v) is 9.90. The summed E-state index contributed by atoms with van der Waals surface area (Å²) < 4.78 is 4.68. The van der Waals surface area contributed by atoms with Crippen LogP contribution in [-0.4, -0.2) is 23.9 Å². The number of benzene rings is 7. The quantitative estimate of drug-likeness (QED) is 0.200. The first-order valence-corrected chi connectivity index (χ1v) is 16.2. The lowest BCUT2D eigenvalue weighted by atomic mass is 10.00. The second-order valence-corrected chi connectivity index (χ2v) is 12.4. The molecule has 0 atom stereocenters. The summed E-state index contributed by atoms with van der Waals surface area (Å²) in [7, 11) is 0. The molecule has 4 aromatic heterocycles. The summed E-state index contributed by atoms with van der Waals surface area (Å²) in [5, 5.41) is 9.82. The molecule has 222 valence electrons. The SMILES string of the molecule is c1ccc(-c2nc(-c3ccccc3)nc(-n3c4ccccc4c4ccc5c(ccc6c5c5cccc7c8ccccc8n6c75)c43)n2)cc1. The minimum Gasteiger partial charge on any atom is -0.308 e. The normalized spacial score (nSPS) is 12.2. The van der Waals surface area contributed by atoms with Crippen molar-refractivity contribution < 1.29 is 0 Å². The number of fused-ring (bicyclic) bond motifs is 12. The average molecular weight is 612 g/mol. The Bertz CT molecular complexity index is 2990. The summed E-state index contributed by atoms with van der Waals surface area (Å²) in [6, 6.07) is 53.5. The first-order chi connectivity index (χ1) is 23.8. The van der Waals surface area contributed by atoms with Crippen molar-refractivity contribution in [2.75, 3.05) is 0 Å². The zero-order valence-corrected chi connectivity index (χ0v) is 25.7. The van der Waals surface area contributed by atoms with Gasteiger partial charge in [-0.25, -0.2) is 4.98 Å². The van der Waals surface area contributed by atoms with Crippen LogP contribution in [0.15, 0.2) is 152 Å². The van der Waals surface area contributed by atoms with E-state index in [0.29, 0.717) is 17.6 Å². The lowest BCUT2D eigenvalue weighted by molar-refractivity contribution is 0.955. The summed E-state index contributed by atoms with van der Waals surface area (Å²) in [5.74, 6) is 1.88. The molecule has 0 aliphatic heterocycles. The van der Waals surface area contributed by atoms with E-state index in [1.165, 1.54) is 48.9 Å². The maximum absolute atomic E-state index is 5.18. The molecule has 11 aromatic rings. The van der Waals surface area contributed by atoms with Gasteiger partial charge in [0.25, 0.3) is 0 Å². The molecule has 0 spiro atoms. The highest BCUT2D eigenvalue weighted by atomic mass is 15.2. The van der Waals surface area contributed by atoms with Gasteiger partial charge < -0.3 is 4.40 Å². The highest BCUT2D eigenvalue weighted by Gasteiger charge is 2.23. The smallest absolute Gasteiger partial charge is 0.238 e. The van der Waals surface area contributed by atoms with Gasteiger partial charge in [0, 0.05) is 48.8 Å². The summed E-state index contributed by atoms with van der Waals surface area (Å²) in [6.07, 6.45) is 0. The molecule has 0 saturated heterocycles. The summed E-state index contributed by atoms with van der Waals surface area (Å²) in [6.45, 7) is 0. The van der Waals surface area contributed by atoms with Crippen molar-refractivity contribution in [2.24, 2.45) is 0 Å². The molecule has 0 amide bonds. The van der Waals surface area contributed by atoms with Gasteiger partial charge in [0.15, 0.2) is 11.6 Å². The number of rotatable bonds is 3. The predicted molar refractivity (Wildman–Crippen MR) is 197 cm³/mol. The van der Waals surface area contributed by atoms with Crippen LogP contribution in [0.25, 0.3) is 99.4 Å². The summed E-state index contributed by atoms with van der Waals surface area (Å²) in [5.41, 5.74) is 7.78. The zero-order chi connectivity index (χ0) is 31.3. The fourth-order valence-corrected chi connectivity index (χ4v) is 7.90. The van der Waals surface area contributed by atoms with Crippen LogP contribution in [0, 0.1) is 0 Å². The fourth-order valence-electron chi connectivity index (χ4n) is 7.90. The van der Waals surface area contributed by atoms with Gasteiger partial charge >= 0.3 is 0 Å². The van der Waals surface area contributed by atoms with Gasteiger partial charge in [0.05, 0.1) is 27.6 Å². The Labute approximate surface area is 274 Å². The Morgan fingerprint density at radius 3 is 1.58 bits per heavy atom. The topological polar surface area (TPSA) is 48.0 Å². The summed E-state index contributed by atoms with van der Waals surface area (Å²) >= 11 is 0. The lowest BCUT2D eigenvalue weighted by Gasteiger charge is -2.12. The van der Waals surface area contributed by atoms with E-state index in [0.717, 1.165) is 32.9 Å². The van der Waals surface area contributed by atoms with Crippen LogP contribution in [0.1, 0.15) is 0 Å². The molecule has 0 aliphatic carbocycles. The fraction of sp³-hybridized carbons (Fsp3) is 0. The molecule has 0 radical (unpaired) electrons. The molecule has 11 rings (SSSR count). The summed E-state index contributed by atoms with van der Waals surface area (Å²) in [4.78, 5) is 15.3. The van der Waals surface area contributed by atoms with Crippen LogP contribution in [-0.2, 0) is 0 Å². The molecule has 5 heteroatoms. The minimum atomic E-state index is 0.598. The van der Waals surface area contributed by atoms with E-state index in [1.54, 1.807) is 0 Å². The van der Waals surface area contributed by atoms with Gasteiger partial charge in [-0.3, -0.25) is 4.57 Å². The molecule has 0 fully saturated rings. The van der Waals surface area contributed by atoms with E-state index in [2.05, 4.69) is 124 Å². The van der Waals surface area contributed by atoms with Crippen LogP contribution >= 0.6 is 0 Å². The molecular weight excluding hydrogens is 587 g/mol. The minimum absolute atomic E-state index is 0.598. The molecule has 0 aliphatic rings. The first kappa shape index (κ1) is 25.6. The van der Waals surface area contributed by atoms with E-state index in [-0.39, 0.29) is 0 Å². The molecule has 7 aromatic carbocycles. The van der Waals surface area contributed by atoms with E-state index in [9.17, 15) is 0 Å². The molecule has 0 N–H and O–H groups in total. The number of hydrogen-bond donors (Lipinski definition) is 0. The van der Waals surface area contributed by atoms with Gasteiger partial charge in [-0.15, -0.1) is 0 Å². The van der Waals surface area contributed by atoms with Crippen LogP contribution in [0.3, 0.4) is 0 Å². The van der Waals surface area contributed by atoms with Crippen molar-refractivity contribution in [2.45, 2.75) is 0 Å². The van der Waals surface area contributed by atoms with Gasteiger partial charge in [0.2, 0.25) is 5.95 Å². The number of nitrogens with zero attached hydrogens (tertiary/aromatic N) is 5. The van der Waals surface area contributed by atoms with E-state index >= 15 is 0 Å². The molecule has 0 saturated carbocycles. The lowest BCUT2D eigenvalue weighted by Crippen LogP contribution is -2.06.